The molecule has 0 saturated carbocycles. The van der Waals surface area contributed by atoms with Crippen LogP contribution >= 0.6 is 11.3 Å². The molecule has 8 heteroatoms. The molecule has 2 heterocycles. The fraction of sp³-hybridized carbons (Fsp3) is 0.571. The van der Waals surface area contributed by atoms with E-state index in [2.05, 4.69) is 4.98 Å². The highest BCUT2D eigenvalue weighted by atomic mass is 32.1. The van der Waals surface area contributed by atoms with E-state index < -0.39 is 11.8 Å². The Morgan fingerprint density at radius 3 is 2.53 bits per heavy atom. The van der Waals surface area contributed by atoms with E-state index in [1.54, 1.807) is 0 Å². The summed E-state index contributed by atoms with van der Waals surface area (Å²) in [6.07, 6.45) is 0.912. The van der Waals surface area contributed by atoms with Crippen molar-refractivity contribution in [2.75, 3.05) is 31.2 Å². The van der Waals surface area contributed by atoms with E-state index in [-0.39, 0.29) is 0 Å². The van der Waals surface area contributed by atoms with E-state index in [0.717, 1.165) is 6.20 Å². The Hall–Kier alpha value is -0.755. The molecule has 0 aliphatic carbocycles. The summed E-state index contributed by atoms with van der Waals surface area (Å²) in [5.74, 6) is 0. The van der Waals surface area contributed by atoms with E-state index in [9.17, 15) is 12.9 Å². The first-order chi connectivity index (χ1) is 7.07. The van der Waals surface area contributed by atoms with Gasteiger partial charge in [-0.1, -0.05) is 0 Å². The van der Waals surface area contributed by atoms with Crippen LogP contribution in [0.4, 0.5) is 18.1 Å². The third-order valence-corrected chi connectivity index (χ3v) is 3.27. The molecule has 15 heavy (non-hydrogen) atoms. The number of aromatic nitrogens is 1. The standard InChI is InChI=1S/C7H9BF3N2OS/c9-8(10,11)6-5-12-7(15-6)13-1-3-14-4-2-13/h5H,1-4H2/q-1. The van der Waals surface area contributed by atoms with Crippen LogP contribution in [0.2, 0.25) is 0 Å². The second-order valence-corrected chi connectivity index (χ2v) is 4.26. The molecule has 1 aromatic rings. The minimum absolute atomic E-state index is 0.438. The lowest BCUT2D eigenvalue weighted by molar-refractivity contribution is 0.122. The highest BCUT2D eigenvalue weighted by Crippen LogP contribution is 2.21. The zero-order valence-electron chi connectivity index (χ0n) is 7.83. The van der Waals surface area contributed by atoms with Crippen molar-refractivity contribution in [1.29, 1.82) is 0 Å². The summed E-state index contributed by atoms with van der Waals surface area (Å²) >= 11 is 0.708. The topological polar surface area (TPSA) is 25.4 Å². The zero-order valence-corrected chi connectivity index (χ0v) is 8.64. The monoisotopic (exact) mass is 237 g/mol. The molecule has 0 unspecified atom stereocenters. The zero-order chi connectivity index (χ0) is 10.9. The maximum Gasteiger partial charge on any atom is 0.521 e. The molecule has 0 bridgehead atoms. The third-order valence-electron chi connectivity index (χ3n) is 2.12. The number of morpholine rings is 1. The minimum atomic E-state index is -4.91. The first kappa shape index (κ1) is 10.8. The number of hydrogen-bond donors (Lipinski definition) is 0. The van der Waals surface area contributed by atoms with Crippen LogP contribution in [0.1, 0.15) is 0 Å². The van der Waals surface area contributed by atoms with Gasteiger partial charge in [-0.3, -0.25) is 0 Å². The highest BCUT2D eigenvalue weighted by Gasteiger charge is 2.29. The largest absolute Gasteiger partial charge is 0.521 e. The fourth-order valence-corrected chi connectivity index (χ4v) is 2.20. The van der Waals surface area contributed by atoms with Gasteiger partial charge >= 0.3 is 6.98 Å². The van der Waals surface area contributed by atoms with Gasteiger partial charge in [-0.05, 0) is 4.78 Å². The number of halogens is 3. The Balaban J connectivity index is 2.12. The van der Waals surface area contributed by atoms with Crippen LogP contribution in [-0.2, 0) is 4.74 Å². The summed E-state index contributed by atoms with van der Waals surface area (Å²) in [5.41, 5.74) is 0. The number of nitrogens with zero attached hydrogens (tertiary/aromatic N) is 2. The van der Waals surface area contributed by atoms with Gasteiger partial charge in [0.15, 0.2) is 5.13 Å². The molecule has 0 atom stereocenters. The van der Waals surface area contributed by atoms with Gasteiger partial charge in [-0.25, -0.2) is 4.98 Å². The van der Waals surface area contributed by atoms with E-state index in [1.807, 2.05) is 4.90 Å². The first-order valence-corrected chi connectivity index (χ1v) is 5.37. The molecule has 1 aliphatic heterocycles. The molecule has 1 fully saturated rings. The lowest BCUT2D eigenvalue weighted by Crippen LogP contribution is -2.36. The van der Waals surface area contributed by atoms with E-state index in [1.165, 1.54) is 0 Å². The Kier molecular flexibility index (Phi) is 2.88. The second-order valence-electron chi connectivity index (χ2n) is 3.22. The van der Waals surface area contributed by atoms with Gasteiger partial charge in [0.1, 0.15) is 0 Å². The van der Waals surface area contributed by atoms with Crippen molar-refractivity contribution in [2.24, 2.45) is 0 Å². The van der Waals surface area contributed by atoms with Crippen LogP contribution in [0, 0.1) is 0 Å². The van der Waals surface area contributed by atoms with Gasteiger partial charge < -0.3 is 22.6 Å². The van der Waals surface area contributed by atoms with Crippen molar-refractivity contribution in [3.8, 4) is 0 Å². The van der Waals surface area contributed by atoms with E-state index >= 15 is 0 Å². The predicted molar refractivity (Wildman–Crippen MR) is 53.9 cm³/mol. The summed E-state index contributed by atoms with van der Waals surface area (Å²) in [5, 5.41) is 0.438. The maximum absolute atomic E-state index is 12.4. The number of hydrogen-bond acceptors (Lipinski definition) is 4. The smallest absolute Gasteiger partial charge is 0.444 e. The molecule has 2 rings (SSSR count). The molecular weight excluding hydrogens is 228 g/mol. The molecule has 0 spiro atoms. The van der Waals surface area contributed by atoms with Gasteiger partial charge in [-0.2, -0.15) is 0 Å². The summed E-state index contributed by atoms with van der Waals surface area (Å²) in [6, 6.07) is 0. The van der Waals surface area contributed by atoms with Crippen LogP contribution in [0.3, 0.4) is 0 Å². The van der Waals surface area contributed by atoms with Gasteiger partial charge in [0.2, 0.25) is 0 Å². The molecule has 1 aromatic heterocycles. The number of anilines is 1. The second kappa shape index (κ2) is 4.01. The molecule has 0 aromatic carbocycles. The van der Waals surface area contributed by atoms with Crippen molar-refractivity contribution in [2.45, 2.75) is 0 Å². The number of rotatable bonds is 2. The molecule has 0 N–H and O–H groups in total. The average Bonchev–Trinajstić information content (AvgIpc) is 2.67. The van der Waals surface area contributed by atoms with Crippen LogP contribution in [0.15, 0.2) is 6.20 Å². The number of ether oxygens (including phenoxy) is 1. The third kappa shape index (κ3) is 2.43. The molecule has 1 aliphatic rings. The Morgan fingerprint density at radius 2 is 2.00 bits per heavy atom. The predicted octanol–water partition coefficient (Wildman–Crippen LogP) is 1.03. The van der Waals surface area contributed by atoms with Gasteiger partial charge in [-0.15, -0.1) is 11.3 Å². The fourth-order valence-electron chi connectivity index (χ4n) is 1.33. The van der Waals surface area contributed by atoms with Gasteiger partial charge in [0, 0.05) is 19.3 Å². The first-order valence-electron chi connectivity index (χ1n) is 4.56. The Labute approximate surface area is 88.9 Å². The minimum Gasteiger partial charge on any atom is -0.444 e. The molecule has 1 saturated heterocycles. The van der Waals surface area contributed by atoms with E-state index in [4.69, 9.17) is 4.74 Å². The number of thiazole rings is 1. The lowest BCUT2D eigenvalue weighted by atomic mass is 9.91. The van der Waals surface area contributed by atoms with Crippen LogP contribution < -0.4 is 9.68 Å². The molecule has 3 nitrogen and oxygen atoms in total. The quantitative estimate of drug-likeness (QED) is 0.718. The average molecular weight is 237 g/mol. The lowest BCUT2D eigenvalue weighted by Gasteiger charge is -2.26. The van der Waals surface area contributed by atoms with Crippen LogP contribution in [0.5, 0.6) is 0 Å². The molecule has 0 amide bonds. The van der Waals surface area contributed by atoms with Crippen molar-refractivity contribution < 1.29 is 17.7 Å². The normalized spacial score (nSPS) is 18.2. The summed E-state index contributed by atoms with van der Waals surface area (Å²) in [4.78, 5) is 5.61. The van der Waals surface area contributed by atoms with Crippen molar-refractivity contribution in [3.05, 3.63) is 6.20 Å². The molecule has 84 valence electrons. The molecule has 0 radical (unpaired) electrons. The van der Waals surface area contributed by atoms with Gasteiger partial charge in [0.05, 0.1) is 13.2 Å². The summed E-state index contributed by atoms with van der Waals surface area (Å²) in [7, 11) is 0. The Bertz CT molecular complexity index is 337. The van der Waals surface area contributed by atoms with Gasteiger partial charge in [0.25, 0.3) is 0 Å². The van der Waals surface area contributed by atoms with Crippen LogP contribution in [-0.4, -0.2) is 38.3 Å². The maximum atomic E-state index is 12.4. The van der Waals surface area contributed by atoms with E-state index in [0.29, 0.717) is 42.8 Å². The van der Waals surface area contributed by atoms with Crippen LogP contribution in [0.25, 0.3) is 0 Å². The van der Waals surface area contributed by atoms with Crippen molar-refractivity contribution in [3.63, 3.8) is 0 Å². The summed E-state index contributed by atoms with van der Waals surface area (Å²) in [6.45, 7) is -2.60. The van der Waals surface area contributed by atoms with Crippen molar-refractivity contribution >= 4 is 28.2 Å². The Morgan fingerprint density at radius 1 is 1.33 bits per heavy atom. The van der Waals surface area contributed by atoms with Crippen molar-refractivity contribution in [1.82, 2.24) is 4.98 Å². The summed E-state index contributed by atoms with van der Waals surface area (Å²) < 4.78 is 41.6. The highest BCUT2D eigenvalue weighted by molar-refractivity contribution is 7.26. The SMILES string of the molecule is F[B-](F)(F)c1cnc(N2CCOCC2)s1. The molecular formula is C7H9BF3N2OS-.